The van der Waals surface area contributed by atoms with E-state index in [9.17, 15) is 14.9 Å². The highest BCUT2D eigenvalue weighted by Gasteiger charge is 2.19. The van der Waals surface area contributed by atoms with Gasteiger partial charge in [-0.3, -0.25) is 10.1 Å². The van der Waals surface area contributed by atoms with E-state index in [2.05, 4.69) is 10.3 Å². The molecule has 0 saturated carbocycles. The van der Waals surface area contributed by atoms with Crippen molar-refractivity contribution in [3.63, 3.8) is 0 Å². The van der Waals surface area contributed by atoms with E-state index < -0.39 is 10.9 Å². The van der Waals surface area contributed by atoms with Crippen molar-refractivity contribution < 1.29 is 28.7 Å². The molecule has 0 amide bonds. The van der Waals surface area contributed by atoms with Crippen molar-refractivity contribution in [2.45, 2.75) is 20.8 Å². The summed E-state index contributed by atoms with van der Waals surface area (Å²) in [7, 11) is 0. The number of hydrogen-bond acceptors (Lipinski definition) is 9. The molecule has 1 aromatic carbocycles. The van der Waals surface area contributed by atoms with E-state index >= 15 is 0 Å². The number of benzene rings is 1. The Labute approximate surface area is 174 Å². The van der Waals surface area contributed by atoms with Crippen LogP contribution in [0.25, 0.3) is 0 Å². The van der Waals surface area contributed by atoms with Crippen LogP contribution in [0.4, 0.5) is 11.5 Å². The number of nitrogens with zero attached hydrogens (tertiary/aromatic N) is 2. The van der Waals surface area contributed by atoms with Gasteiger partial charge in [0.05, 0.1) is 36.9 Å². The molecule has 10 nitrogen and oxygen atoms in total. The SMILES string of the molecule is CCOc1cc(C(=O)OCCNc2ccc([N+](=O)[O-])cn2)cc(OCC)c1OCC. The third-order valence-electron chi connectivity index (χ3n) is 3.74. The van der Waals surface area contributed by atoms with Gasteiger partial charge in [-0.1, -0.05) is 0 Å². The van der Waals surface area contributed by atoms with Crippen molar-refractivity contribution in [1.82, 2.24) is 4.98 Å². The quantitative estimate of drug-likeness (QED) is 0.238. The van der Waals surface area contributed by atoms with Gasteiger partial charge in [-0.05, 0) is 39.0 Å². The molecule has 1 heterocycles. The van der Waals surface area contributed by atoms with Gasteiger partial charge >= 0.3 is 5.97 Å². The number of anilines is 1. The Hall–Kier alpha value is -3.56. The predicted molar refractivity (Wildman–Crippen MR) is 110 cm³/mol. The van der Waals surface area contributed by atoms with Gasteiger partial charge in [-0.25, -0.2) is 9.78 Å². The number of esters is 1. The summed E-state index contributed by atoms with van der Waals surface area (Å²) in [5, 5.41) is 13.6. The Balaban J connectivity index is 2.00. The first-order chi connectivity index (χ1) is 14.5. The Morgan fingerprint density at radius 3 is 2.20 bits per heavy atom. The number of rotatable bonds is 12. The van der Waals surface area contributed by atoms with Gasteiger partial charge in [-0.15, -0.1) is 0 Å². The van der Waals surface area contributed by atoms with E-state index in [0.29, 0.717) is 42.9 Å². The zero-order chi connectivity index (χ0) is 21.9. The summed E-state index contributed by atoms with van der Waals surface area (Å²) in [6.45, 7) is 7.08. The number of carbonyl (C=O) groups is 1. The van der Waals surface area contributed by atoms with Crippen molar-refractivity contribution >= 4 is 17.5 Å². The van der Waals surface area contributed by atoms with Crippen molar-refractivity contribution in [3.05, 3.63) is 46.1 Å². The lowest BCUT2D eigenvalue weighted by molar-refractivity contribution is -0.385. The van der Waals surface area contributed by atoms with Crippen molar-refractivity contribution in [1.29, 1.82) is 0 Å². The van der Waals surface area contributed by atoms with Crippen LogP contribution in [-0.4, -0.2) is 48.8 Å². The second-order valence-electron chi connectivity index (χ2n) is 5.82. The van der Waals surface area contributed by atoms with Crippen molar-refractivity contribution in [2.24, 2.45) is 0 Å². The zero-order valence-corrected chi connectivity index (χ0v) is 17.2. The Kier molecular flexibility index (Phi) is 8.67. The van der Waals surface area contributed by atoms with Crippen LogP contribution in [0.3, 0.4) is 0 Å². The fourth-order valence-corrected chi connectivity index (χ4v) is 2.51. The number of pyridine rings is 1. The van der Waals surface area contributed by atoms with Crippen LogP contribution in [0.1, 0.15) is 31.1 Å². The minimum atomic E-state index is -0.543. The first-order valence-electron chi connectivity index (χ1n) is 9.57. The van der Waals surface area contributed by atoms with E-state index in [4.69, 9.17) is 18.9 Å². The van der Waals surface area contributed by atoms with E-state index in [1.54, 1.807) is 12.1 Å². The first-order valence-corrected chi connectivity index (χ1v) is 9.57. The maximum Gasteiger partial charge on any atom is 0.338 e. The largest absolute Gasteiger partial charge is 0.490 e. The highest BCUT2D eigenvalue weighted by molar-refractivity contribution is 5.91. The standard InChI is InChI=1S/C20H25N3O7/c1-4-27-16-11-14(12-17(28-5-2)19(16)29-6-3)20(24)30-10-9-21-18-8-7-15(13-22-18)23(25)26/h7-8,11-13H,4-6,9-10H2,1-3H3,(H,21,22). The van der Waals surface area contributed by atoms with Crippen molar-refractivity contribution in [2.75, 3.05) is 38.3 Å². The van der Waals surface area contributed by atoms with Crippen LogP contribution in [0, 0.1) is 10.1 Å². The molecule has 0 aliphatic heterocycles. The molecule has 0 unspecified atom stereocenters. The molecule has 30 heavy (non-hydrogen) atoms. The van der Waals surface area contributed by atoms with E-state index in [1.165, 1.54) is 12.1 Å². The van der Waals surface area contributed by atoms with Crippen LogP contribution in [0.5, 0.6) is 17.2 Å². The second kappa shape index (κ2) is 11.4. The number of carbonyl (C=O) groups excluding carboxylic acids is 1. The van der Waals surface area contributed by atoms with E-state index in [-0.39, 0.29) is 24.4 Å². The Bertz CT molecular complexity index is 829. The Morgan fingerprint density at radius 2 is 1.70 bits per heavy atom. The molecule has 10 heteroatoms. The molecule has 2 rings (SSSR count). The van der Waals surface area contributed by atoms with Crippen LogP contribution in [-0.2, 0) is 4.74 Å². The normalized spacial score (nSPS) is 10.2. The molecule has 1 aromatic heterocycles. The monoisotopic (exact) mass is 419 g/mol. The molecule has 0 fully saturated rings. The molecule has 1 N–H and O–H groups in total. The Morgan fingerprint density at radius 1 is 1.07 bits per heavy atom. The molecule has 0 bridgehead atoms. The summed E-state index contributed by atoms with van der Waals surface area (Å²) in [6, 6.07) is 5.94. The van der Waals surface area contributed by atoms with Gasteiger partial charge in [0.2, 0.25) is 5.75 Å². The molecule has 0 aliphatic rings. The summed E-state index contributed by atoms with van der Waals surface area (Å²) >= 11 is 0. The summed E-state index contributed by atoms with van der Waals surface area (Å²) in [6.07, 6.45) is 1.15. The maximum absolute atomic E-state index is 12.5. The smallest absolute Gasteiger partial charge is 0.338 e. The molecule has 0 radical (unpaired) electrons. The van der Waals surface area contributed by atoms with Crippen LogP contribution in [0.2, 0.25) is 0 Å². The molecular formula is C20H25N3O7. The number of aromatic nitrogens is 1. The summed E-state index contributed by atoms with van der Waals surface area (Å²) in [4.78, 5) is 26.5. The molecular weight excluding hydrogens is 394 g/mol. The first kappa shape index (κ1) is 22.7. The summed E-state index contributed by atoms with van der Waals surface area (Å²) in [5.41, 5.74) is 0.177. The molecule has 0 aliphatic carbocycles. The van der Waals surface area contributed by atoms with Gasteiger partial charge in [0.25, 0.3) is 5.69 Å². The molecule has 0 saturated heterocycles. The predicted octanol–water partition coefficient (Wildman–Crippen LogP) is 3.45. The third kappa shape index (κ3) is 6.23. The highest BCUT2D eigenvalue weighted by atomic mass is 16.6. The van der Waals surface area contributed by atoms with Crippen LogP contribution < -0.4 is 19.5 Å². The molecule has 2 aromatic rings. The minimum absolute atomic E-state index is 0.0681. The summed E-state index contributed by atoms with van der Waals surface area (Å²) in [5.74, 6) is 1.16. The number of nitrogens with one attached hydrogen (secondary N) is 1. The topological polar surface area (TPSA) is 122 Å². The van der Waals surface area contributed by atoms with Gasteiger partial charge in [0, 0.05) is 6.07 Å². The van der Waals surface area contributed by atoms with Crippen molar-refractivity contribution in [3.8, 4) is 17.2 Å². The average Bonchev–Trinajstić information content (AvgIpc) is 2.73. The van der Waals surface area contributed by atoms with Crippen LogP contribution in [0.15, 0.2) is 30.5 Å². The fraction of sp³-hybridized carbons (Fsp3) is 0.400. The second-order valence-corrected chi connectivity index (χ2v) is 5.82. The van der Waals surface area contributed by atoms with Crippen LogP contribution >= 0.6 is 0 Å². The fourth-order valence-electron chi connectivity index (χ4n) is 2.51. The maximum atomic E-state index is 12.5. The molecule has 0 spiro atoms. The lowest BCUT2D eigenvalue weighted by atomic mass is 10.2. The molecule has 162 valence electrons. The number of nitro groups is 1. The third-order valence-corrected chi connectivity index (χ3v) is 3.74. The van der Waals surface area contributed by atoms with Gasteiger partial charge < -0.3 is 24.3 Å². The van der Waals surface area contributed by atoms with E-state index in [0.717, 1.165) is 6.20 Å². The molecule has 0 atom stereocenters. The number of ether oxygens (including phenoxy) is 4. The highest BCUT2D eigenvalue weighted by Crippen LogP contribution is 2.39. The lowest BCUT2D eigenvalue weighted by Crippen LogP contribution is -2.15. The zero-order valence-electron chi connectivity index (χ0n) is 17.2. The number of hydrogen-bond donors (Lipinski definition) is 1. The lowest BCUT2D eigenvalue weighted by Gasteiger charge is -2.17. The van der Waals surface area contributed by atoms with Gasteiger partial charge in [-0.2, -0.15) is 0 Å². The van der Waals surface area contributed by atoms with Gasteiger partial charge in [0.1, 0.15) is 18.6 Å². The summed E-state index contributed by atoms with van der Waals surface area (Å²) < 4.78 is 22.1. The van der Waals surface area contributed by atoms with E-state index in [1.807, 2.05) is 20.8 Å². The minimum Gasteiger partial charge on any atom is -0.490 e. The van der Waals surface area contributed by atoms with Gasteiger partial charge in [0.15, 0.2) is 11.5 Å². The average molecular weight is 419 g/mol.